The first-order chi connectivity index (χ1) is 19.4. The summed E-state index contributed by atoms with van der Waals surface area (Å²) in [6.45, 7) is 3.46. The zero-order chi connectivity index (χ0) is 28.5. The number of nitrogens with zero attached hydrogens (tertiary/aromatic N) is 3. The molecule has 0 fully saturated rings. The Morgan fingerprint density at radius 1 is 0.900 bits per heavy atom. The van der Waals surface area contributed by atoms with Gasteiger partial charge in [-0.25, -0.2) is 14.7 Å². The molecule has 206 valence electrons. The standard InChI is InChI=1S/C30H30N4O5S/c1-21-27(28(36)33(20-31-22(2)35)18-23-12-6-4-7-13-23)40-29(32-21)34(25-16-10-11-17-26(25)38-3)30(37)39-19-24-14-8-5-9-15-24/h4-17H,18-20H2,1-3H3,(H,31,35). The maximum absolute atomic E-state index is 13.7. The number of aromatic nitrogens is 1. The molecule has 3 aromatic carbocycles. The van der Waals surface area contributed by atoms with Crippen LogP contribution in [0.5, 0.6) is 5.75 Å². The number of anilines is 2. The number of amides is 3. The summed E-state index contributed by atoms with van der Waals surface area (Å²) in [5.41, 5.74) is 2.61. The molecule has 1 heterocycles. The average molecular weight is 559 g/mol. The fourth-order valence-electron chi connectivity index (χ4n) is 3.91. The number of methoxy groups -OCH3 is 1. The first-order valence-electron chi connectivity index (χ1n) is 12.6. The molecular weight excluding hydrogens is 528 g/mol. The minimum atomic E-state index is -0.666. The lowest BCUT2D eigenvalue weighted by Crippen LogP contribution is -2.40. The third-order valence-electron chi connectivity index (χ3n) is 5.91. The van der Waals surface area contributed by atoms with Gasteiger partial charge in [0.2, 0.25) is 11.0 Å². The summed E-state index contributed by atoms with van der Waals surface area (Å²) in [6.07, 6.45) is -0.666. The molecule has 0 bridgehead atoms. The number of thiazole rings is 1. The number of hydrogen-bond donors (Lipinski definition) is 1. The molecule has 0 atom stereocenters. The Labute approximate surface area is 237 Å². The number of aryl methyl sites for hydroxylation is 1. The second-order valence-electron chi connectivity index (χ2n) is 8.84. The van der Waals surface area contributed by atoms with Crippen LogP contribution in [0.4, 0.5) is 15.6 Å². The van der Waals surface area contributed by atoms with Crippen LogP contribution in [0.3, 0.4) is 0 Å². The summed E-state index contributed by atoms with van der Waals surface area (Å²) in [6, 6.07) is 25.8. The van der Waals surface area contributed by atoms with Gasteiger partial charge in [0.05, 0.1) is 25.2 Å². The SMILES string of the molecule is COc1ccccc1N(C(=O)OCc1ccccc1)c1nc(C)c(C(=O)N(CNC(C)=O)Cc2ccccc2)s1. The maximum Gasteiger partial charge on any atom is 0.421 e. The molecule has 3 amide bonds. The van der Waals surface area contributed by atoms with E-state index >= 15 is 0 Å². The molecule has 9 nitrogen and oxygen atoms in total. The molecule has 40 heavy (non-hydrogen) atoms. The van der Waals surface area contributed by atoms with E-state index < -0.39 is 6.09 Å². The maximum atomic E-state index is 13.7. The lowest BCUT2D eigenvalue weighted by molar-refractivity contribution is -0.119. The first kappa shape index (κ1) is 28.3. The van der Waals surface area contributed by atoms with Crippen molar-refractivity contribution in [3.8, 4) is 5.75 Å². The lowest BCUT2D eigenvalue weighted by atomic mass is 10.2. The van der Waals surface area contributed by atoms with E-state index in [1.54, 1.807) is 31.2 Å². The van der Waals surface area contributed by atoms with Gasteiger partial charge in [0.1, 0.15) is 17.2 Å². The van der Waals surface area contributed by atoms with Crippen LogP contribution in [0.2, 0.25) is 0 Å². The minimum absolute atomic E-state index is 0.0189. The number of para-hydroxylation sites is 2. The summed E-state index contributed by atoms with van der Waals surface area (Å²) in [4.78, 5) is 46.7. The highest BCUT2D eigenvalue weighted by Gasteiger charge is 2.30. The number of hydrogen-bond acceptors (Lipinski definition) is 7. The number of rotatable bonds is 10. The van der Waals surface area contributed by atoms with Crippen LogP contribution < -0.4 is 15.0 Å². The van der Waals surface area contributed by atoms with Gasteiger partial charge in [0.15, 0.2) is 0 Å². The Morgan fingerprint density at radius 2 is 1.52 bits per heavy atom. The van der Waals surface area contributed by atoms with Crippen molar-refractivity contribution >= 4 is 40.1 Å². The van der Waals surface area contributed by atoms with Crippen molar-refractivity contribution in [3.05, 3.63) is 107 Å². The van der Waals surface area contributed by atoms with Crippen LogP contribution in [0.1, 0.15) is 33.4 Å². The molecule has 10 heteroatoms. The number of ether oxygens (including phenoxy) is 2. The Bertz CT molecular complexity index is 1460. The fraction of sp³-hybridized carbons (Fsp3) is 0.200. The molecule has 0 saturated heterocycles. The Balaban J connectivity index is 1.67. The monoisotopic (exact) mass is 558 g/mol. The van der Waals surface area contributed by atoms with Crippen LogP contribution in [-0.4, -0.2) is 41.6 Å². The molecular formula is C30H30N4O5S. The van der Waals surface area contributed by atoms with Gasteiger partial charge in [-0.15, -0.1) is 0 Å². The highest BCUT2D eigenvalue weighted by atomic mass is 32.1. The van der Waals surface area contributed by atoms with Crippen molar-refractivity contribution in [2.45, 2.75) is 27.0 Å². The second-order valence-corrected chi connectivity index (χ2v) is 9.82. The largest absolute Gasteiger partial charge is 0.495 e. The highest BCUT2D eigenvalue weighted by molar-refractivity contribution is 7.17. The molecule has 4 aromatic rings. The molecule has 1 N–H and O–H groups in total. The second kappa shape index (κ2) is 13.4. The van der Waals surface area contributed by atoms with Crippen LogP contribution in [0, 0.1) is 6.92 Å². The number of nitrogens with one attached hydrogen (secondary N) is 1. The molecule has 0 spiro atoms. The van der Waals surface area contributed by atoms with Crippen molar-refractivity contribution in [1.29, 1.82) is 0 Å². The van der Waals surface area contributed by atoms with Gasteiger partial charge >= 0.3 is 6.09 Å². The van der Waals surface area contributed by atoms with E-state index in [1.807, 2.05) is 60.7 Å². The topological polar surface area (TPSA) is 101 Å². The number of benzene rings is 3. The van der Waals surface area contributed by atoms with Crippen molar-refractivity contribution in [2.24, 2.45) is 0 Å². The molecule has 0 aliphatic carbocycles. The minimum Gasteiger partial charge on any atom is -0.495 e. The van der Waals surface area contributed by atoms with Gasteiger partial charge in [-0.2, -0.15) is 0 Å². The predicted octanol–water partition coefficient (Wildman–Crippen LogP) is 5.67. The van der Waals surface area contributed by atoms with Gasteiger partial charge in [0.25, 0.3) is 5.91 Å². The Kier molecular flexibility index (Phi) is 9.48. The van der Waals surface area contributed by atoms with Crippen LogP contribution in [-0.2, 0) is 22.7 Å². The highest BCUT2D eigenvalue weighted by Crippen LogP contribution is 2.38. The third-order valence-corrected chi connectivity index (χ3v) is 7.04. The quantitative estimate of drug-likeness (QED) is 0.252. The van der Waals surface area contributed by atoms with Crippen LogP contribution >= 0.6 is 11.3 Å². The zero-order valence-electron chi connectivity index (χ0n) is 22.5. The van der Waals surface area contributed by atoms with Gasteiger partial charge < -0.3 is 19.7 Å². The predicted molar refractivity (Wildman–Crippen MR) is 154 cm³/mol. The van der Waals surface area contributed by atoms with Gasteiger partial charge in [0, 0.05) is 13.5 Å². The van der Waals surface area contributed by atoms with Gasteiger partial charge in [-0.3, -0.25) is 9.59 Å². The number of carbonyl (C=O) groups excluding carboxylic acids is 3. The van der Waals surface area contributed by atoms with Crippen molar-refractivity contribution in [3.63, 3.8) is 0 Å². The molecule has 0 radical (unpaired) electrons. The third kappa shape index (κ3) is 7.03. The van der Waals surface area contributed by atoms with Crippen LogP contribution in [0.25, 0.3) is 0 Å². The van der Waals surface area contributed by atoms with E-state index in [2.05, 4.69) is 10.3 Å². The Morgan fingerprint density at radius 3 is 2.17 bits per heavy atom. The van der Waals surface area contributed by atoms with Crippen molar-refractivity contribution < 1.29 is 23.9 Å². The van der Waals surface area contributed by atoms with E-state index in [9.17, 15) is 14.4 Å². The van der Waals surface area contributed by atoms with Gasteiger partial charge in [-0.1, -0.05) is 84.1 Å². The molecule has 4 rings (SSSR count). The van der Waals surface area contributed by atoms with Crippen LogP contribution in [0.15, 0.2) is 84.9 Å². The normalized spacial score (nSPS) is 10.5. The Hall–Kier alpha value is -4.70. The van der Waals surface area contributed by atoms with E-state index in [4.69, 9.17) is 9.47 Å². The zero-order valence-corrected chi connectivity index (χ0v) is 23.3. The molecule has 1 aromatic heterocycles. The smallest absolute Gasteiger partial charge is 0.421 e. The van der Waals surface area contributed by atoms with E-state index in [0.717, 1.165) is 22.5 Å². The lowest BCUT2D eigenvalue weighted by Gasteiger charge is -2.23. The summed E-state index contributed by atoms with van der Waals surface area (Å²) >= 11 is 1.07. The van der Waals surface area contributed by atoms with E-state index in [1.165, 1.54) is 23.8 Å². The average Bonchev–Trinajstić information content (AvgIpc) is 3.35. The van der Waals surface area contributed by atoms with E-state index in [0.29, 0.717) is 22.0 Å². The summed E-state index contributed by atoms with van der Waals surface area (Å²) in [7, 11) is 1.51. The van der Waals surface area contributed by atoms with Gasteiger partial charge in [-0.05, 0) is 30.2 Å². The van der Waals surface area contributed by atoms with Crippen molar-refractivity contribution in [2.75, 3.05) is 18.7 Å². The first-order valence-corrected chi connectivity index (χ1v) is 13.4. The summed E-state index contributed by atoms with van der Waals surface area (Å²) in [5.74, 6) is -0.135. The van der Waals surface area contributed by atoms with Crippen molar-refractivity contribution in [1.82, 2.24) is 15.2 Å². The summed E-state index contributed by atoms with van der Waals surface area (Å²) in [5, 5.41) is 2.96. The fourth-order valence-corrected chi connectivity index (χ4v) is 4.95. The molecule has 0 saturated carbocycles. The molecule has 0 aliphatic rings. The molecule has 0 unspecified atom stereocenters. The van der Waals surface area contributed by atoms with E-state index in [-0.39, 0.29) is 36.8 Å². The molecule has 0 aliphatic heterocycles. The summed E-state index contributed by atoms with van der Waals surface area (Å²) < 4.78 is 11.2. The number of carbonyl (C=O) groups is 3.